The van der Waals surface area contributed by atoms with Crippen molar-refractivity contribution in [2.45, 2.75) is 32.2 Å². The number of hydrogen-bond donors (Lipinski definition) is 1. The molecular weight excluding hydrogens is 179 g/mol. The molecule has 1 N–H and O–H groups in total. The lowest BCUT2D eigenvalue weighted by Gasteiger charge is -2.21. The maximum atomic E-state index is 12.6. The molecule has 14 heavy (non-hydrogen) atoms. The summed E-state index contributed by atoms with van der Waals surface area (Å²) >= 11 is 0. The van der Waals surface area contributed by atoms with Gasteiger partial charge in [0.25, 0.3) is 0 Å². The highest BCUT2D eigenvalue weighted by atomic mass is 19.1. The molecule has 1 aromatic rings. The standard InChI is InChI=1S/C11H17FN2/c1-4-10(13-3)8(2)11-6-5-9(12)7-14-11/h5-8,10,13H,4H2,1-3H3. The number of pyridine rings is 1. The molecular formula is C11H17FN2. The van der Waals surface area contributed by atoms with Gasteiger partial charge in [0.1, 0.15) is 5.82 Å². The average Bonchev–Trinajstić information content (AvgIpc) is 2.20. The summed E-state index contributed by atoms with van der Waals surface area (Å²) in [4.78, 5) is 4.08. The monoisotopic (exact) mass is 196 g/mol. The van der Waals surface area contributed by atoms with Gasteiger partial charge in [-0.1, -0.05) is 13.8 Å². The van der Waals surface area contributed by atoms with Gasteiger partial charge in [0, 0.05) is 17.7 Å². The number of nitrogens with zero attached hydrogens (tertiary/aromatic N) is 1. The minimum absolute atomic E-state index is 0.279. The van der Waals surface area contributed by atoms with Crippen LogP contribution in [-0.4, -0.2) is 18.1 Å². The van der Waals surface area contributed by atoms with Gasteiger partial charge in [-0.05, 0) is 25.6 Å². The Hall–Kier alpha value is -0.960. The number of halogens is 1. The van der Waals surface area contributed by atoms with E-state index in [9.17, 15) is 4.39 Å². The average molecular weight is 196 g/mol. The molecule has 1 aromatic heterocycles. The molecule has 0 saturated heterocycles. The quantitative estimate of drug-likeness (QED) is 0.799. The highest BCUT2D eigenvalue weighted by Gasteiger charge is 2.16. The van der Waals surface area contributed by atoms with Crippen LogP contribution in [0.4, 0.5) is 4.39 Å². The Morgan fingerprint density at radius 1 is 1.50 bits per heavy atom. The third kappa shape index (κ3) is 2.51. The zero-order valence-electron chi connectivity index (χ0n) is 8.92. The van der Waals surface area contributed by atoms with Gasteiger partial charge < -0.3 is 5.32 Å². The molecule has 78 valence electrons. The highest BCUT2D eigenvalue weighted by Crippen LogP contribution is 2.18. The largest absolute Gasteiger partial charge is 0.316 e. The van der Waals surface area contributed by atoms with Gasteiger partial charge in [-0.3, -0.25) is 4.98 Å². The van der Waals surface area contributed by atoms with E-state index in [1.54, 1.807) is 6.07 Å². The molecule has 2 unspecified atom stereocenters. The normalized spacial score (nSPS) is 15.1. The lowest BCUT2D eigenvalue weighted by molar-refractivity contribution is 0.464. The Balaban J connectivity index is 2.77. The maximum Gasteiger partial charge on any atom is 0.141 e. The van der Waals surface area contributed by atoms with Crippen molar-refractivity contribution in [1.29, 1.82) is 0 Å². The van der Waals surface area contributed by atoms with Gasteiger partial charge in [0.2, 0.25) is 0 Å². The fourth-order valence-corrected chi connectivity index (χ4v) is 1.67. The third-order valence-corrected chi connectivity index (χ3v) is 2.63. The summed E-state index contributed by atoms with van der Waals surface area (Å²) in [5.74, 6) is 0.0315. The van der Waals surface area contributed by atoms with E-state index in [4.69, 9.17) is 0 Å². The fraction of sp³-hybridized carbons (Fsp3) is 0.545. The van der Waals surface area contributed by atoms with Crippen LogP contribution in [0.15, 0.2) is 18.3 Å². The first-order chi connectivity index (χ1) is 6.69. The molecule has 0 radical (unpaired) electrons. The van der Waals surface area contributed by atoms with E-state index in [1.165, 1.54) is 12.3 Å². The second kappa shape index (κ2) is 5.05. The van der Waals surface area contributed by atoms with Crippen LogP contribution in [0.3, 0.4) is 0 Å². The zero-order chi connectivity index (χ0) is 10.6. The Morgan fingerprint density at radius 2 is 2.21 bits per heavy atom. The number of hydrogen-bond acceptors (Lipinski definition) is 2. The molecule has 1 rings (SSSR count). The van der Waals surface area contributed by atoms with Crippen molar-refractivity contribution in [1.82, 2.24) is 10.3 Å². The van der Waals surface area contributed by atoms with Crippen LogP contribution >= 0.6 is 0 Å². The summed E-state index contributed by atoms with van der Waals surface area (Å²) in [5, 5.41) is 3.23. The third-order valence-electron chi connectivity index (χ3n) is 2.63. The van der Waals surface area contributed by atoms with Crippen LogP contribution in [0, 0.1) is 5.82 Å². The predicted octanol–water partition coefficient (Wildman–Crippen LogP) is 2.32. The summed E-state index contributed by atoms with van der Waals surface area (Å²) in [6, 6.07) is 3.61. The fourth-order valence-electron chi connectivity index (χ4n) is 1.67. The lowest BCUT2D eigenvalue weighted by atomic mass is 9.96. The Bertz CT molecular complexity index is 267. The summed E-state index contributed by atoms with van der Waals surface area (Å²) in [6.07, 6.45) is 2.31. The highest BCUT2D eigenvalue weighted by molar-refractivity contribution is 5.11. The summed E-state index contributed by atoms with van der Waals surface area (Å²) < 4.78 is 12.6. The topological polar surface area (TPSA) is 24.9 Å². The minimum atomic E-state index is -0.279. The number of aromatic nitrogens is 1. The molecule has 0 spiro atoms. The molecule has 0 amide bonds. The van der Waals surface area contributed by atoms with Gasteiger partial charge in [0.15, 0.2) is 0 Å². The van der Waals surface area contributed by atoms with Gasteiger partial charge in [0.05, 0.1) is 6.20 Å². The Morgan fingerprint density at radius 3 is 2.64 bits per heavy atom. The van der Waals surface area contributed by atoms with E-state index in [2.05, 4.69) is 24.1 Å². The zero-order valence-corrected chi connectivity index (χ0v) is 8.92. The summed E-state index contributed by atoms with van der Waals surface area (Å²) in [5.41, 5.74) is 0.938. The van der Waals surface area contributed by atoms with Gasteiger partial charge in [-0.15, -0.1) is 0 Å². The van der Waals surface area contributed by atoms with Crippen molar-refractivity contribution in [2.75, 3.05) is 7.05 Å². The predicted molar refractivity (Wildman–Crippen MR) is 55.7 cm³/mol. The van der Waals surface area contributed by atoms with Crippen LogP contribution in [-0.2, 0) is 0 Å². The van der Waals surface area contributed by atoms with Crippen LogP contribution in [0.5, 0.6) is 0 Å². The lowest BCUT2D eigenvalue weighted by Crippen LogP contribution is -2.30. The second-order valence-corrected chi connectivity index (χ2v) is 3.49. The number of likely N-dealkylation sites (N-methyl/N-ethyl adjacent to an activating group) is 1. The van der Waals surface area contributed by atoms with E-state index < -0.39 is 0 Å². The van der Waals surface area contributed by atoms with E-state index in [1.807, 2.05) is 7.05 Å². The first-order valence-electron chi connectivity index (χ1n) is 4.97. The smallest absolute Gasteiger partial charge is 0.141 e. The van der Waals surface area contributed by atoms with E-state index >= 15 is 0 Å². The van der Waals surface area contributed by atoms with Gasteiger partial charge >= 0.3 is 0 Å². The number of rotatable bonds is 4. The first-order valence-corrected chi connectivity index (χ1v) is 4.97. The van der Waals surface area contributed by atoms with Crippen molar-refractivity contribution in [3.63, 3.8) is 0 Å². The van der Waals surface area contributed by atoms with Gasteiger partial charge in [-0.25, -0.2) is 4.39 Å². The molecule has 0 aliphatic carbocycles. The minimum Gasteiger partial charge on any atom is -0.316 e. The van der Waals surface area contributed by atoms with Crippen LogP contribution in [0.25, 0.3) is 0 Å². The first kappa shape index (κ1) is 11.1. The Kier molecular flexibility index (Phi) is 4.01. The second-order valence-electron chi connectivity index (χ2n) is 3.49. The molecule has 3 heteroatoms. The molecule has 1 heterocycles. The van der Waals surface area contributed by atoms with Crippen molar-refractivity contribution < 1.29 is 4.39 Å². The molecule has 0 saturated carbocycles. The molecule has 2 nitrogen and oxygen atoms in total. The van der Waals surface area contributed by atoms with Crippen molar-refractivity contribution in [3.8, 4) is 0 Å². The molecule has 0 aliphatic rings. The SMILES string of the molecule is CCC(NC)C(C)c1ccc(F)cn1. The summed E-state index contributed by atoms with van der Waals surface area (Å²) in [7, 11) is 1.94. The van der Waals surface area contributed by atoms with Crippen molar-refractivity contribution in [3.05, 3.63) is 29.8 Å². The summed E-state index contributed by atoms with van der Waals surface area (Å²) in [6.45, 7) is 4.23. The van der Waals surface area contributed by atoms with Gasteiger partial charge in [-0.2, -0.15) is 0 Å². The van der Waals surface area contributed by atoms with Crippen LogP contribution in [0.1, 0.15) is 31.9 Å². The maximum absolute atomic E-state index is 12.6. The van der Waals surface area contributed by atoms with Crippen LogP contribution < -0.4 is 5.32 Å². The Labute approximate surface area is 84.6 Å². The van der Waals surface area contributed by atoms with Crippen molar-refractivity contribution >= 4 is 0 Å². The number of nitrogens with one attached hydrogen (secondary N) is 1. The molecule has 0 bridgehead atoms. The molecule has 0 aromatic carbocycles. The van der Waals surface area contributed by atoms with E-state index in [0.717, 1.165) is 12.1 Å². The van der Waals surface area contributed by atoms with E-state index in [-0.39, 0.29) is 5.82 Å². The molecule has 0 aliphatic heterocycles. The molecule has 0 fully saturated rings. The molecule has 2 atom stereocenters. The van der Waals surface area contributed by atoms with Crippen molar-refractivity contribution in [2.24, 2.45) is 0 Å². The van der Waals surface area contributed by atoms with E-state index in [0.29, 0.717) is 12.0 Å². The van der Waals surface area contributed by atoms with Crippen LogP contribution in [0.2, 0.25) is 0 Å².